The summed E-state index contributed by atoms with van der Waals surface area (Å²) in [4.78, 5) is 11.7. The molecule has 1 heteroatoms. The average molecular weight is 162 g/mol. The molecule has 0 amide bonds. The molecule has 0 aromatic rings. The first-order chi connectivity index (χ1) is 5.75. The third kappa shape index (κ3) is 0.675. The molecule has 64 valence electrons. The van der Waals surface area contributed by atoms with E-state index in [0.29, 0.717) is 17.6 Å². The molecule has 4 aliphatic rings. The van der Waals surface area contributed by atoms with E-state index >= 15 is 0 Å². The van der Waals surface area contributed by atoms with Crippen LogP contribution < -0.4 is 0 Å². The highest BCUT2D eigenvalue weighted by atomic mass is 16.1. The number of allylic oxidation sites excluding steroid dienone is 1. The maximum atomic E-state index is 11.7. The molecule has 4 aliphatic carbocycles. The van der Waals surface area contributed by atoms with E-state index in [2.05, 4.69) is 6.58 Å². The van der Waals surface area contributed by atoms with Crippen LogP contribution in [0.3, 0.4) is 0 Å². The highest BCUT2D eigenvalue weighted by molar-refractivity contribution is 5.88. The van der Waals surface area contributed by atoms with Crippen LogP contribution in [0.4, 0.5) is 0 Å². The molecule has 4 fully saturated rings. The van der Waals surface area contributed by atoms with E-state index in [9.17, 15) is 4.79 Å². The van der Waals surface area contributed by atoms with E-state index < -0.39 is 0 Å². The molecule has 0 heterocycles. The van der Waals surface area contributed by atoms with E-state index in [1.165, 1.54) is 18.4 Å². The Bertz CT molecular complexity index is 242. The number of rotatable bonds is 0. The molecule has 0 N–H and O–H groups in total. The third-order valence-corrected chi connectivity index (χ3v) is 4.09. The quantitative estimate of drug-likeness (QED) is 0.499. The average Bonchev–Trinajstić information content (AvgIpc) is 2.07. The van der Waals surface area contributed by atoms with Crippen LogP contribution in [0.15, 0.2) is 12.2 Å². The van der Waals surface area contributed by atoms with Crippen LogP contribution in [0.1, 0.15) is 25.7 Å². The van der Waals surface area contributed by atoms with Gasteiger partial charge in [0.25, 0.3) is 0 Å². The van der Waals surface area contributed by atoms with Crippen molar-refractivity contribution < 1.29 is 4.79 Å². The molecule has 4 saturated carbocycles. The fraction of sp³-hybridized carbons (Fsp3) is 0.727. The lowest BCUT2D eigenvalue weighted by Crippen LogP contribution is -2.46. The second-order valence-electron chi connectivity index (χ2n) is 4.73. The molecule has 12 heavy (non-hydrogen) atoms. The Kier molecular flexibility index (Phi) is 1.15. The number of carbonyl (C=O) groups is 1. The van der Waals surface area contributed by atoms with Crippen molar-refractivity contribution in [3.63, 3.8) is 0 Å². The van der Waals surface area contributed by atoms with Gasteiger partial charge in [0.15, 0.2) is 0 Å². The fourth-order valence-corrected chi connectivity index (χ4v) is 3.52. The lowest BCUT2D eigenvalue weighted by atomic mass is 9.54. The molecule has 0 saturated heterocycles. The summed E-state index contributed by atoms with van der Waals surface area (Å²) >= 11 is 0. The molecular weight excluding hydrogens is 148 g/mol. The molecule has 1 unspecified atom stereocenters. The summed E-state index contributed by atoms with van der Waals surface area (Å²) in [6.07, 6.45) is 4.79. The summed E-state index contributed by atoms with van der Waals surface area (Å²) in [5.74, 6) is 2.80. The molecule has 0 radical (unpaired) electrons. The van der Waals surface area contributed by atoms with E-state index in [1.54, 1.807) is 0 Å². The zero-order valence-corrected chi connectivity index (χ0v) is 7.25. The summed E-state index contributed by atoms with van der Waals surface area (Å²) in [6, 6.07) is 0. The van der Waals surface area contributed by atoms with Gasteiger partial charge in [-0.2, -0.15) is 0 Å². The van der Waals surface area contributed by atoms with Crippen LogP contribution in [0.2, 0.25) is 0 Å². The van der Waals surface area contributed by atoms with Crippen LogP contribution in [0, 0.1) is 23.7 Å². The minimum Gasteiger partial charge on any atom is -0.299 e. The summed E-state index contributed by atoms with van der Waals surface area (Å²) < 4.78 is 0. The number of ketones is 1. The van der Waals surface area contributed by atoms with Gasteiger partial charge in [-0.25, -0.2) is 0 Å². The number of carbonyl (C=O) groups excluding carboxylic acids is 1. The van der Waals surface area contributed by atoms with Gasteiger partial charge in [-0.3, -0.25) is 4.79 Å². The van der Waals surface area contributed by atoms with Gasteiger partial charge in [-0.1, -0.05) is 12.2 Å². The first kappa shape index (κ1) is 6.88. The summed E-state index contributed by atoms with van der Waals surface area (Å²) in [5, 5.41) is 0. The molecule has 0 aliphatic heterocycles. The van der Waals surface area contributed by atoms with Gasteiger partial charge >= 0.3 is 0 Å². The first-order valence-corrected chi connectivity index (χ1v) is 4.98. The van der Waals surface area contributed by atoms with Crippen molar-refractivity contribution in [1.82, 2.24) is 0 Å². The SMILES string of the molecule is C=C1[C@H]2CC3C[C@H](C2)C[C@H]1C3=O. The van der Waals surface area contributed by atoms with Gasteiger partial charge < -0.3 is 0 Å². The van der Waals surface area contributed by atoms with Gasteiger partial charge in [0.2, 0.25) is 0 Å². The Hall–Kier alpha value is -0.590. The molecule has 0 aromatic carbocycles. The van der Waals surface area contributed by atoms with Crippen LogP contribution in [0.25, 0.3) is 0 Å². The van der Waals surface area contributed by atoms with Crippen molar-refractivity contribution in [2.75, 3.05) is 0 Å². The Morgan fingerprint density at radius 2 is 1.83 bits per heavy atom. The van der Waals surface area contributed by atoms with Crippen molar-refractivity contribution >= 4 is 5.78 Å². The molecule has 4 bridgehead atoms. The zero-order valence-electron chi connectivity index (χ0n) is 7.25. The van der Waals surface area contributed by atoms with E-state index in [1.807, 2.05) is 0 Å². The molecular formula is C11H14O. The highest BCUT2D eigenvalue weighted by Crippen LogP contribution is 2.53. The Morgan fingerprint density at radius 1 is 1.08 bits per heavy atom. The molecule has 4 rings (SSSR count). The maximum Gasteiger partial charge on any atom is 0.143 e. The Labute approximate surface area is 72.8 Å². The van der Waals surface area contributed by atoms with Gasteiger partial charge in [-0.05, 0) is 37.5 Å². The Balaban J connectivity index is 2.03. The predicted molar refractivity (Wildman–Crippen MR) is 46.6 cm³/mol. The minimum atomic E-state index is 0.279. The summed E-state index contributed by atoms with van der Waals surface area (Å²) in [6.45, 7) is 4.08. The molecule has 0 spiro atoms. The standard InChI is InChI=1S/C11H14O/c1-6-8-2-7-3-9(5-8)11(12)10(6)4-7/h7-10H,1-5H2/t7-,8+,9?,10+/m0/s1. The van der Waals surface area contributed by atoms with Crippen molar-refractivity contribution in [3.05, 3.63) is 12.2 Å². The highest BCUT2D eigenvalue weighted by Gasteiger charge is 2.49. The molecule has 1 nitrogen and oxygen atoms in total. The molecule has 0 aromatic heterocycles. The number of hydrogen-bond acceptors (Lipinski definition) is 1. The topological polar surface area (TPSA) is 17.1 Å². The largest absolute Gasteiger partial charge is 0.299 e. The van der Waals surface area contributed by atoms with E-state index in [0.717, 1.165) is 18.8 Å². The first-order valence-electron chi connectivity index (χ1n) is 4.98. The summed E-state index contributed by atoms with van der Waals surface area (Å²) in [7, 11) is 0. The number of Topliss-reactive ketones (excluding diaryl/α,β-unsaturated/α-hetero) is 1. The lowest BCUT2D eigenvalue weighted by Gasteiger charge is -2.49. The fourth-order valence-electron chi connectivity index (χ4n) is 3.52. The lowest BCUT2D eigenvalue weighted by molar-refractivity contribution is -0.135. The maximum absolute atomic E-state index is 11.7. The second-order valence-corrected chi connectivity index (χ2v) is 4.73. The van der Waals surface area contributed by atoms with E-state index in [4.69, 9.17) is 0 Å². The van der Waals surface area contributed by atoms with Crippen molar-refractivity contribution in [1.29, 1.82) is 0 Å². The second kappa shape index (κ2) is 2.01. The predicted octanol–water partition coefficient (Wildman–Crippen LogP) is 2.18. The molecule has 4 atom stereocenters. The monoisotopic (exact) mass is 162 g/mol. The van der Waals surface area contributed by atoms with Gasteiger partial charge in [0, 0.05) is 11.8 Å². The minimum absolute atomic E-state index is 0.279. The van der Waals surface area contributed by atoms with Crippen LogP contribution >= 0.6 is 0 Å². The Morgan fingerprint density at radius 3 is 2.67 bits per heavy atom. The normalized spacial score (nSPS) is 50.3. The third-order valence-electron chi connectivity index (χ3n) is 4.09. The van der Waals surface area contributed by atoms with Crippen LogP contribution in [-0.2, 0) is 4.79 Å². The van der Waals surface area contributed by atoms with Gasteiger partial charge in [-0.15, -0.1) is 0 Å². The zero-order chi connectivity index (χ0) is 8.29. The smallest absolute Gasteiger partial charge is 0.143 e. The van der Waals surface area contributed by atoms with E-state index in [-0.39, 0.29) is 5.92 Å². The summed E-state index contributed by atoms with van der Waals surface area (Å²) in [5.41, 5.74) is 1.27. The van der Waals surface area contributed by atoms with Crippen molar-refractivity contribution in [2.45, 2.75) is 25.7 Å². The van der Waals surface area contributed by atoms with Crippen molar-refractivity contribution in [3.8, 4) is 0 Å². The van der Waals surface area contributed by atoms with Crippen molar-refractivity contribution in [2.24, 2.45) is 23.7 Å². The van der Waals surface area contributed by atoms with Gasteiger partial charge in [0.1, 0.15) is 5.78 Å². The van der Waals surface area contributed by atoms with Crippen LogP contribution in [-0.4, -0.2) is 5.78 Å². The number of hydrogen-bond donors (Lipinski definition) is 0. The van der Waals surface area contributed by atoms with Crippen LogP contribution in [0.5, 0.6) is 0 Å². The van der Waals surface area contributed by atoms with Gasteiger partial charge in [0.05, 0.1) is 0 Å².